The van der Waals surface area contributed by atoms with E-state index in [4.69, 9.17) is 4.74 Å². The topological polar surface area (TPSA) is 64.1 Å². The van der Waals surface area contributed by atoms with Crippen molar-refractivity contribution in [1.82, 2.24) is 8.75 Å². The Morgan fingerprint density at radius 3 is 2.71 bits per heavy atom. The minimum absolute atomic E-state index is 0.0313. The zero-order valence-corrected chi connectivity index (χ0v) is 12.2. The van der Waals surface area contributed by atoms with Gasteiger partial charge in [-0.25, -0.2) is 0 Å². The molecule has 0 unspecified atom stereocenters. The third kappa shape index (κ3) is 3.35. The molecule has 0 radical (unpaired) electrons. The van der Waals surface area contributed by atoms with Gasteiger partial charge < -0.3 is 10.1 Å². The molecule has 21 heavy (non-hydrogen) atoms. The second-order valence-corrected chi connectivity index (χ2v) is 5.15. The molecular weight excluding hydrogens is 286 g/mol. The zero-order chi connectivity index (χ0) is 14.7. The number of hydrogen-bond acceptors (Lipinski definition) is 5. The summed E-state index contributed by atoms with van der Waals surface area (Å²) in [6, 6.07) is 13.0. The summed E-state index contributed by atoms with van der Waals surface area (Å²) >= 11 is 1.15. The van der Waals surface area contributed by atoms with Gasteiger partial charge >= 0.3 is 0 Å². The Labute approximate surface area is 125 Å². The SMILES string of the molecule is Cc1ccc(OCC(=O)Nc2ccc3nsnc3c2)cc1. The minimum atomic E-state index is -0.210. The van der Waals surface area contributed by atoms with E-state index in [0.29, 0.717) is 11.4 Å². The largest absolute Gasteiger partial charge is 0.484 e. The fourth-order valence-electron chi connectivity index (χ4n) is 1.84. The summed E-state index contributed by atoms with van der Waals surface area (Å²) < 4.78 is 13.7. The molecule has 0 aliphatic heterocycles. The lowest BCUT2D eigenvalue weighted by Gasteiger charge is -2.07. The fourth-order valence-corrected chi connectivity index (χ4v) is 2.36. The van der Waals surface area contributed by atoms with Gasteiger partial charge in [0.1, 0.15) is 16.8 Å². The van der Waals surface area contributed by atoms with E-state index in [0.717, 1.165) is 28.3 Å². The lowest BCUT2D eigenvalue weighted by atomic mass is 10.2. The molecule has 0 aliphatic rings. The molecule has 2 aromatic carbocycles. The Kier molecular flexibility index (Phi) is 3.79. The number of hydrogen-bond donors (Lipinski definition) is 1. The van der Waals surface area contributed by atoms with Crippen LogP contribution in [0.15, 0.2) is 42.5 Å². The number of ether oxygens (including phenoxy) is 1. The Hall–Kier alpha value is -2.47. The number of nitrogens with one attached hydrogen (secondary N) is 1. The van der Waals surface area contributed by atoms with Crippen molar-refractivity contribution in [2.45, 2.75) is 6.92 Å². The summed E-state index contributed by atoms with van der Waals surface area (Å²) in [5.74, 6) is 0.466. The highest BCUT2D eigenvalue weighted by molar-refractivity contribution is 7.00. The van der Waals surface area contributed by atoms with E-state index in [1.165, 1.54) is 0 Å². The van der Waals surface area contributed by atoms with Crippen molar-refractivity contribution in [3.63, 3.8) is 0 Å². The van der Waals surface area contributed by atoms with E-state index in [1.807, 2.05) is 37.3 Å². The monoisotopic (exact) mass is 299 g/mol. The second kappa shape index (κ2) is 5.88. The first kappa shape index (κ1) is 13.5. The van der Waals surface area contributed by atoms with Gasteiger partial charge in [-0.15, -0.1) is 0 Å². The van der Waals surface area contributed by atoms with Gasteiger partial charge in [0, 0.05) is 5.69 Å². The summed E-state index contributed by atoms with van der Waals surface area (Å²) in [6.45, 7) is 1.97. The van der Waals surface area contributed by atoms with Gasteiger partial charge in [-0.3, -0.25) is 4.79 Å². The minimum Gasteiger partial charge on any atom is -0.484 e. The predicted molar refractivity (Wildman–Crippen MR) is 82.7 cm³/mol. The van der Waals surface area contributed by atoms with Crippen LogP contribution in [0.4, 0.5) is 5.69 Å². The first-order chi connectivity index (χ1) is 10.2. The number of fused-ring (bicyclic) bond motifs is 1. The van der Waals surface area contributed by atoms with Crippen LogP contribution in [0.25, 0.3) is 11.0 Å². The number of nitrogens with zero attached hydrogens (tertiary/aromatic N) is 2. The van der Waals surface area contributed by atoms with Crippen LogP contribution in [0.2, 0.25) is 0 Å². The molecular formula is C15H13N3O2S. The van der Waals surface area contributed by atoms with Crippen LogP contribution >= 0.6 is 11.7 Å². The summed E-state index contributed by atoms with van der Waals surface area (Å²) in [4.78, 5) is 11.9. The van der Waals surface area contributed by atoms with Gasteiger partial charge in [-0.1, -0.05) is 17.7 Å². The van der Waals surface area contributed by atoms with Crippen molar-refractivity contribution in [3.05, 3.63) is 48.0 Å². The van der Waals surface area contributed by atoms with Crippen LogP contribution in [-0.2, 0) is 4.79 Å². The van der Waals surface area contributed by atoms with E-state index in [2.05, 4.69) is 14.1 Å². The Morgan fingerprint density at radius 2 is 1.90 bits per heavy atom. The smallest absolute Gasteiger partial charge is 0.262 e. The van der Waals surface area contributed by atoms with Crippen LogP contribution in [0.5, 0.6) is 5.75 Å². The van der Waals surface area contributed by atoms with Gasteiger partial charge in [-0.05, 0) is 37.3 Å². The molecule has 0 spiro atoms. The Morgan fingerprint density at radius 1 is 1.14 bits per heavy atom. The summed E-state index contributed by atoms with van der Waals surface area (Å²) in [7, 11) is 0. The fraction of sp³-hybridized carbons (Fsp3) is 0.133. The van der Waals surface area contributed by atoms with Crippen LogP contribution in [-0.4, -0.2) is 21.3 Å². The number of amides is 1. The van der Waals surface area contributed by atoms with Crippen molar-refractivity contribution >= 4 is 34.4 Å². The molecule has 0 fully saturated rings. The van der Waals surface area contributed by atoms with Crippen molar-refractivity contribution in [2.75, 3.05) is 11.9 Å². The molecule has 1 amide bonds. The average Bonchev–Trinajstić information content (AvgIpc) is 2.94. The van der Waals surface area contributed by atoms with E-state index < -0.39 is 0 Å². The molecule has 6 heteroatoms. The molecule has 1 heterocycles. The van der Waals surface area contributed by atoms with Crippen LogP contribution in [0.1, 0.15) is 5.56 Å². The normalized spacial score (nSPS) is 10.5. The summed E-state index contributed by atoms with van der Waals surface area (Å²) in [5, 5.41) is 2.78. The van der Waals surface area contributed by atoms with Gasteiger partial charge in [0.05, 0.1) is 11.7 Å². The van der Waals surface area contributed by atoms with Crippen molar-refractivity contribution < 1.29 is 9.53 Å². The first-order valence-electron chi connectivity index (χ1n) is 6.42. The first-order valence-corrected chi connectivity index (χ1v) is 7.15. The third-order valence-corrected chi connectivity index (χ3v) is 3.49. The van der Waals surface area contributed by atoms with Crippen molar-refractivity contribution in [1.29, 1.82) is 0 Å². The zero-order valence-electron chi connectivity index (χ0n) is 11.4. The van der Waals surface area contributed by atoms with E-state index in [-0.39, 0.29) is 12.5 Å². The Balaban J connectivity index is 1.59. The maximum absolute atomic E-state index is 11.9. The molecule has 0 saturated carbocycles. The summed E-state index contributed by atoms with van der Waals surface area (Å²) in [5.41, 5.74) is 3.44. The molecule has 5 nitrogen and oxygen atoms in total. The van der Waals surface area contributed by atoms with Crippen molar-refractivity contribution in [3.8, 4) is 5.75 Å². The average molecular weight is 299 g/mol. The quantitative estimate of drug-likeness (QED) is 0.804. The highest BCUT2D eigenvalue weighted by atomic mass is 32.1. The predicted octanol–water partition coefficient (Wildman–Crippen LogP) is 3.02. The molecule has 3 aromatic rings. The molecule has 1 aromatic heterocycles. The molecule has 0 aliphatic carbocycles. The van der Waals surface area contributed by atoms with Crippen molar-refractivity contribution in [2.24, 2.45) is 0 Å². The van der Waals surface area contributed by atoms with Gasteiger partial charge in [-0.2, -0.15) is 8.75 Å². The maximum Gasteiger partial charge on any atom is 0.262 e. The van der Waals surface area contributed by atoms with Gasteiger partial charge in [0.2, 0.25) is 0 Å². The highest BCUT2D eigenvalue weighted by Gasteiger charge is 2.06. The van der Waals surface area contributed by atoms with Gasteiger partial charge in [0.15, 0.2) is 6.61 Å². The van der Waals surface area contributed by atoms with E-state index in [9.17, 15) is 4.79 Å². The molecule has 0 saturated heterocycles. The number of carbonyl (C=O) groups excluding carboxylic acids is 1. The molecule has 1 N–H and O–H groups in total. The molecule has 3 rings (SSSR count). The van der Waals surface area contributed by atoms with Gasteiger partial charge in [0.25, 0.3) is 5.91 Å². The standard InChI is InChI=1S/C15H13N3O2S/c1-10-2-5-12(6-3-10)20-9-15(19)16-11-4-7-13-14(8-11)18-21-17-13/h2-8H,9H2,1H3,(H,16,19). The lowest BCUT2D eigenvalue weighted by molar-refractivity contribution is -0.118. The van der Waals surface area contributed by atoms with Crippen LogP contribution in [0.3, 0.4) is 0 Å². The number of anilines is 1. The lowest BCUT2D eigenvalue weighted by Crippen LogP contribution is -2.20. The molecule has 0 bridgehead atoms. The molecule has 106 valence electrons. The Bertz CT molecular complexity index is 768. The number of aryl methyl sites for hydroxylation is 1. The summed E-state index contributed by atoms with van der Waals surface area (Å²) in [6.07, 6.45) is 0. The third-order valence-electron chi connectivity index (χ3n) is 2.93. The number of aromatic nitrogens is 2. The van der Waals surface area contributed by atoms with Crippen LogP contribution < -0.4 is 10.1 Å². The van der Waals surface area contributed by atoms with E-state index >= 15 is 0 Å². The number of rotatable bonds is 4. The van der Waals surface area contributed by atoms with E-state index in [1.54, 1.807) is 12.1 Å². The number of carbonyl (C=O) groups is 1. The maximum atomic E-state index is 11.9. The number of benzene rings is 2. The molecule has 0 atom stereocenters. The van der Waals surface area contributed by atoms with Crippen LogP contribution in [0, 0.1) is 6.92 Å². The second-order valence-electron chi connectivity index (χ2n) is 4.62. The highest BCUT2D eigenvalue weighted by Crippen LogP contribution is 2.17.